The van der Waals surface area contributed by atoms with Gasteiger partial charge in [0, 0.05) is 24.8 Å². The van der Waals surface area contributed by atoms with Crippen LogP contribution in [0.4, 0.5) is 0 Å². The van der Waals surface area contributed by atoms with Crippen molar-refractivity contribution in [2.24, 2.45) is 0 Å². The summed E-state index contributed by atoms with van der Waals surface area (Å²) in [5, 5.41) is 0. The Morgan fingerprint density at radius 1 is 1.08 bits per heavy atom. The van der Waals surface area contributed by atoms with Gasteiger partial charge in [-0.25, -0.2) is 9.34 Å². The third-order valence-electron chi connectivity index (χ3n) is 1.66. The molecule has 0 atom stereocenters. The van der Waals surface area contributed by atoms with Gasteiger partial charge in [0.05, 0.1) is 0 Å². The Bertz CT molecular complexity index is 177. The Labute approximate surface area is 94.2 Å². The highest BCUT2D eigenvalue weighted by molar-refractivity contribution is 7.85. The highest BCUT2D eigenvalue weighted by atomic mass is 35.7. The molecule has 0 aromatic heterocycles. The van der Waals surface area contributed by atoms with Gasteiger partial charge in [-0.3, -0.25) is 4.57 Å². The topological polar surface area (TPSA) is 23.6 Å². The largest absolute Gasteiger partial charge is 0.304 e. The van der Waals surface area contributed by atoms with Crippen LogP contribution in [0.2, 0.25) is 0 Å². The van der Waals surface area contributed by atoms with Crippen LogP contribution < -0.4 is 0 Å². The van der Waals surface area contributed by atoms with Crippen LogP contribution in [0.25, 0.3) is 0 Å². The minimum Gasteiger partial charge on any atom is -0.271 e. The fraction of sp³-hybridized carbons (Fsp3) is 1.00. The van der Waals surface area contributed by atoms with Crippen LogP contribution in [0.3, 0.4) is 0 Å². The van der Waals surface area contributed by atoms with Crippen molar-refractivity contribution in [3.63, 3.8) is 0 Å². The van der Waals surface area contributed by atoms with Crippen LogP contribution in [0.1, 0.15) is 0 Å². The highest BCUT2D eigenvalue weighted by Gasteiger charge is 2.28. The van der Waals surface area contributed by atoms with Crippen molar-refractivity contribution in [1.82, 2.24) is 9.34 Å². The van der Waals surface area contributed by atoms with Gasteiger partial charge < -0.3 is 0 Å². The van der Waals surface area contributed by atoms with Gasteiger partial charge in [-0.1, -0.05) is 0 Å². The Morgan fingerprint density at radius 3 is 1.62 bits per heavy atom. The van der Waals surface area contributed by atoms with Crippen molar-refractivity contribution in [3.8, 4) is 0 Å². The fourth-order valence-electron chi connectivity index (χ4n) is 0.752. The monoisotopic (exact) mass is 266 g/mol. The first-order chi connectivity index (χ1) is 5.96. The summed E-state index contributed by atoms with van der Waals surface area (Å²) in [5.74, 6) is 0.809. The highest BCUT2D eigenvalue weighted by Crippen LogP contribution is 2.56. The molecule has 0 bridgehead atoms. The van der Waals surface area contributed by atoms with Crippen molar-refractivity contribution in [2.45, 2.75) is 0 Å². The molecule has 80 valence electrons. The fourth-order valence-corrected chi connectivity index (χ4v) is 3.16. The van der Waals surface area contributed by atoms with Crippen LogP contribution in [0, 0.1) is 0 Å². The quantitative estimate of drug-likeness (QED) is 0.546. The summed E-state index contributed by atoms with van der Waals surface area (Å²) >= 11 is 16.9. The van der Waals surface area contributed by atoms with E-state index in [2.05, 4.69) is 0 Å². The number of nitrogens with zero attached hydrogens (tertiary/aromatic N) is 2. The van der Waals surface area contributed by atoms with Crippen LogP contribution in [-0.4, -0.2) is 48.3 Å². The number of rotatable bonds is 6. The molecule has 0 N–H and O–H groups in total. The molecule has 0 spiro atoms. The molecule has 0 fully saturated rings. The predicted molar refractivity (Wildman–Crippen MR) is 60.2 cm³/mol. The lowest BCUT2D eigenvalue weighted by Gasteiger charge is -2.29. The molecule has 0 unspecified atom stereocenters. The molecule has 0 aromatic rings. The van der Waals surface area contributed by atoms with E-state index in [0.29, 0.717) is 24.8 Å². The van der Waals surface area contributed by atoms with Crippen molar-refractivity contribution in [1.29, 1.82) is 0 Å². The molecule has 0 rings (SSSR count). The summed E-state index contributed by atoms with van der Waals surface area (Å²) in [6, 6.07) is 0. The van der Waals surface area contributed by atoms with Crippen LogP contribution in [-0.2, 0) is 4.57 Å². The molecule has 0 aliphatic carbocycles. The van der Waals surface area contributed by atoms with E-state index in [9.17, 15) is 4.57 Å². The van der Waals surface area contributed by atoms with Crippen LogP contribution in [0.5, 0.6) is 0 Å². The first-order valence-electron chi connectivity index (χ1n) is 3.81. The molecule has 3 nitrogen and oxygen atoms in total. The molecule has 7 heteroatoms. The molecule has 0 saturated carbocycles. The van der Waals surface area contributed by atoms with Gasteiger partial charge in [-0.2, -0.15) is 0 Å². The molecule has 0 aliphatic rings. The molecule has 0 heterocycles. The predicted octanol–water partition coefficient (Wildman–Crippen LogP) is 2.67. The summed E-state index contributed by atoms with van der Waals surface area (Å²) < 4.78 is 15.0. The zero-order chi connectivity index (χ0) is 10.5. The van der Waals surface area contributed by atoms with Gasteiger partial charge in [-0.05, 0) is 25.3 Å². The Morgan fingerprint density at radius 2 is 1.38 bits per heavy atom. The van der Waals surface area contributed by atoms with Crippen molar-refractivity contribution >= 4 is 41.2 Å². The number of alkyl halides is 2. The SMILES string of the molecule is CN(CCCl)P(=O)(Cl)N(C)CCCl. The number of halogens is 3. The van der Waals surface area contributed by atoms with Crippen molar-refractivity contribution in [3.05, 3.63) is 0 Å². The van der Waals surface area contributed by atoms with E-state index in [4.69, 9.17) is 34.4 Å². The van der Waals surface area contributed by atoms with Gasteiger partial charge in [-0.15, -0.1) is 23.2 Å². The standard InChI is InChI=1S/C6H14Cl3N2OP/c1-10(5-3-7)13(9,12)11(2)6-4-8/h3-6H2,1-2H3. The first kappa shape index (κ1) is 14.0. The van der Waals surface area contributed by atoms with E-state index in [1.807, 2.05) is 0 Å². The smallest absolute Gasteiger partial charge is 0.271 e. The lowest BCUT2D eigenvalue weighted by atomic mass is 10.8. The second kappa shape index (κ2) is 6.49. The third kappa shape index (κ3) is 4.37. The second-order valence-electron chi connectivity index (χ2n) is 2.61. The average Bonchev–Trinajstić information content (AvgIpc) is 2.05. The molecular weight excluding hydrogens is 253 g/mol. The summed E-state index contributed by atoms with van der Waals surface area (Å²) in [7, 11) is 3.36. The lowest BCUT2D eigenvalue weighted by molar-refractivity contribution is 0.423. The molecule has 0 aromatic carbocycles. The molecule has 0 amide bonds. The maximum absolute atomic E-state index is 11.9. The van der Waals surface area contributed by atoms with Gasteiger partial charge in [0.15, 0.2) is 0 Å². The van der Waals surface area contributed by atoms with Gasteiger partial charge in [0.25, 0.3) is 0 Å². The zero-order valence-electron chi connectivity index (χ0n) is 7.71. The molecular formula is C6H14Cl3N2OP. The maximum atomic E-state index is 11.9. The molecule has 0 saturated heterocycles. The van der Waals surface area contributed by atoms with Crippen LogP contribution >= 0.6 is 41.2 Å². The van der Waals surface area contributed by atoms with Gasteiger partial charge in [0.1, 0.15) is 0 Å². The summed E-state index contributed by atoms with van der Waals surface area (Å²) in [4.78, 5) is 0. The summed E-state index contributed by atoms with van der Waals surface area (Å²) in [6.07, 6.45) is 0. The molecule has 0 aliphatic heterocycles. The van der Waals surface area contributed by atoms with Crippen LogP contribution in [0.15, 0.2) is 0 Å². The zero-order valence-corrected chi connectivity index (χ0v) is 10.9. The summed E-state index contributed by atoms with van der Waals surface area (Å²) in [5.41, 5.74) is 0. The van der Waals surface area contributed by atoms with E-state index in [0.717, 1.165) is 0 Å². The van der Waals surface area contributed by atoms with Gasteiger partial charge >= 0.3 is 6.80 Å². The Balaban J connectivity index is 4.27. The van der Waals surface area contributed by atoms with Gasteiger partial charge in [0.2, 0.25) is 0 Å². The third-order valence-corrected chi connectivity index (χ3v) is 5.63. The first-order valence-corrected chi connectivity index (χ1v) is 7.40. The van der Waals surface area contributed by atoms with E-state index in [-0.39, 0.29) is 0 Å². The lowest BCUT2D eigenvalue weighted by Crippen LogP contribution is -2.26. The van der Waals surface area contributed by atoms with Crippen molar-refractivity contribution in [2.75, 3.05) is 38.9 Å². The number of hydrogen-bond acceptors (Lipinski definition) is 1. The second-order valence-corrected chi connectivity index (χ2v) is 7.00. The van der Waals surface area contributed by atoms with Crippen molar-refractivity contribution < 1.29 is 4.57 Å². The Kier molecular flexibility index (Phi) is 7.00. The molecule has 13 heavy (non-hydrogen) atoms. The summed E-state index contributed by atoms with van der Waals surface area (Å²) in [6.45, 7) is -1.95. The van der Waals surface area contributed by atoms with E-state index in [1.54, 1.807) is 23.4 Å². The maximum Gasteiger partial charge on any atom is 0.304 e. The molecule has 0 radical (unpaired) electrons. The Hall–Kier alpha value is 1.02. The number of hydrogen-bond donors (Lipinski definition) is 0. The minimum atomic E-state index is -2.94. The van der Waals surface area contributed by atoms with E-state index >= 15 is 0 Å². The average molecular weight is 268 g/mol. The van der Waals surface area contributed by atoms with E-state index < -0.39 is 6.80 Å². The minimum absolute atomic E-state index is 0.405. The normalized spacial score (nSPS) is 12.8. The van der Waals surface area contributed by atoms with E-state index in [1.165, 1.54) is 0 Å².